The number of halogens is 1. The van der Waals surface area contributed by atoms with Crippen LogP contribution < -0.4 is 5.32 Å². The minimum atomic E-state index is -0.0313. The minimum absolute atomic E-state index is 0.0313. The fourth-order valence-corrected chi connectivity index (χ4v) is 3.39. The van der Waals surface area contributed by atoms with Crippen molar-refractivity contribution < 1.29 is 4.79 Å². The molecule has 0 aliphatic carbocycles. The second kappa shape index (κ2) is 7.55. The average molecular weight is 349 g/mol. The molecule has 0 saturated heterocycles. The highest BCUT2D eigenvalue weighted by Gasteiger charge is 2.16. The lowest BCUT2D eigenvalue weighted by atomic mass is 9.99. The van der Waals surface area contributed by atoms with Crippen LogP contribution in [0.2, 0.25) is 0 Å². The van der Waals surface area contributed by atoms with Gasteiger partial charge in [-0.1, -0.05) is 48.7 Å². The number of rotatable bonds is 6. The molecule has 1 N–H and O–H groups in total. The van der Waals surface area contributed by atoms with Crippen molar-refractivity contribution in [1.82, 2.24) is 10.3 Å². The van der Waals surface area contributed by atoms with Gasteiger partial charge in [0, 0.05) is 28.5 Å². The van der Waals surface area contributed by atoms with Crippen LogP contribution in [0.3, 0.4) is 0 Å². The Balaban J connectivity index is 2.02. The van der Waals surface area contributed by atoms with E-state index in [1.165, 1.54) is 0 Å². The molecule has 0 aliphatic rings. The van der Waals surface area contributed by atoms with E-state index in [-0.39, 0.29) is 5.91 Å². The van der Waals surface area contributed by atoms with Gasteiger partial charge < -0.3 is 5.32 Å². The molecule has 0 spiro atoms. The molecule has 3 nitrogen and oxygen atoms in total. The summed E-state index contributed by atoms with van der Waals surface area (Å²) in [7, 11) is 0. The van der Waals surface area contributed by atoms with Crippen LogP contribution in [0.25, 0.3) is 10.9 Å². The Hall–Kier alpha value is -1.42. The summed E-state index contributed by atoms with van der Waals surface area (Å²) in [4.78, 5) is 16.8. The Bertz CT molecular complexity index is 611. The van der Waals surface area contributed by atoms with E-state index in [1.54, 1.807) is 6.20 Å². The molecule has 21 heavy (non-hydrogen) atoms. The number of alkyl halides is 1. The van der Waals surface area contributed by atoms with E-state index in [0.29, 0.717) is 22.9 Å². The Labute approximate surface area is 134 Å². The fraction of sp³-hybridized carbons (Fsp3) is 0.412. The summed E-state index contributed by atoms with van der Waals surface area (Å²) in [5, 5.41) is 3.99. The molecular formula is C17H21BrN2O. The summed E-state index contributed by atoms with van der Waals surface area (Å²) in [5.74, 6) is 0.558. The second-order valence-electron chi connectivity index (χ2n) is 5.21. The number of carbonyl (C=O) groups is 1. The first kappa shape index (κ1) is 16.0. The Morgan fingerprint density at radius 3 is 2.76 bits per heavy atom. The van der Waals surface area contributed by atoms with Crippen molar-refractivity contribution in [2.75, 3.05) is 6.54 Å². The molecule has 1 amide bonds. The van der Waals surface area contributed by atoms with Crippen LogP contribution >= 0.6 is 15.9 Å². The third-order valence-electron chi connectivity index (χ3n) is 3.88. The topological polar surface area (TPSA) is 42.0 Å². The van der Waals surface area contributed by atoms with Crippen LogP contribution in [0.1, 0.15) is 37.0 Å². The van der Waals surface area contributed by atoms with Crippen molar-refractivity contribution in [3.63, 3.8) is 0 Å². The van der Waals surface area contributed by atoms with E-state index < -0.39 is 0 Å². The standard InChI is InChI=1S/C17H21BrN2O/c1-3-12(4-2)15(18)11-20-17(21)14-7-8-16-13(10-14)6-5-9-19-16/h5-10,12,15H,3-4,11H2,1-2H3,(H,20,21). The molecule has 0 fully saturated rings. The maximum atomic E-state index is 12.2. The average Bonchev–Trinajstić information content (AvgIpc) is 2.53. The highest BCUT2D eigenvalue weighted by molar-refractivity contribution is 9.09. The number of aromatic nitrogens is 1. The molecule has 0 saturated carbocycles. The van der Waals surface area contributed by atoms with Crippen LogP contribution in [-0.4, -0.2) is 22.3 Å². The van der Waals surface area contributed by atoms with Gasteiger partial charge >= 0.3 is 0 Å². The van der Waals surface area contributed by atoms with Crippen molar-refractivity contribution in [2.45, 2.75) is 31.5 Å². The van der Waals surface area contributed by atoms with E-state index in [2.05, 4.69) is 40.1 Å². The molecule has 2 rings (SSSR count). The summed E-state index contributed by atoms with van der Waals surface area (Å²) in [6.07, 6.45) is 3.99. The molecular weight excluding hydrogens is 328 g/mol. The number of benzene rings is 1. The maximum absolute atomic E-state index is 12.2. The van der Waals surface area contributed by atoms with Crippen molar-refractivity contribution in [3.8, 4) is 0 Å². The van der Waals surface area contributed by atoms with Crippen LogP contribution in [-0.2, 0) is 0 Å². The SMILES string of the molecule is CCC(CC)C(Br)CNC(=O)c1ccc2ncccc2c1. The molecule has 1 aromatic heterocycles. The number of carbonyl (C=O) groups excluding carboxylic acids is 1. The Morgan fingerprint density at radius 2 is 2.05 bits per heavy atom. The zero-order valence-corrected chi connectivity index (χ0v) is 14.1. The summed E-state index contributed by atoms with van der Waals surface area (Å²) in [5.41, 5.74) is 1.59. The lowest BCUT2D eigenvalue weighted by Gasteiger charge is -2.19. The Morgan fingerprint density at radius 1 is 1.29 bits per heavy atom. The molecule has 2 aromatic rings. The first-order chi connectivity index (χ1) is 10.2. The number of amides is 1. The zero-order chi connectivity index (χ0) is 15.2. The van der Waals surface area contributed by atoms with E-state index in [4.69, 9.17) is 0 Å². The monoisotopic (exact) mass is 348 g/mol. The smallest absolute Gasteiger partial charge is 0.251 e. The molecule has 0 aliphatic heterocycles. The minimum Gasteiger partial charge on any atom is -0.351 e. The highest BCUT2D eigenvalue weighted by Crippen LogP contribution is 2.19. The number of pyridine rings is 1. The van der Waals surface area contributed by atoms with Gasteiger partial charge in [0.25, 0.3) is 5.91 Å². The van der Waals surface area contributed by atoms with Crippen LogP contribution in [0.5, 0.6) is 0 Å². The predicted octanol–water partition coefficient (Wildman–Crippen LogP) is 4.16. The highest BCUT2D eigenvalue weighted by atomic mass is 79.9. The van der Waals surface area contributed by atoms with Gasteiger partial charge in [0.15, 0.2) is 0 Å². The summed E-state index contributed by atoms with van der Waals surface area (Å²) in [6.45, 7) is 5.01. The first-order valence-corrected chi connectivity index (χ1v) is 8.34. The lowest BCUT2D eigenvalue weighted by Crippen LogP contribution is -2.32. The van der Waals surface area contributed by atoms with Gasteiger partial charge in [-0.25, -0.2) is 0 Å². The molecule has 0 bridgehead atoms. The van der Waals surface area contributed by atoms with Gasteiger partial charge in [-0.05, 0) is 30.2 Å². The molecule has 1 atom stereocenters. The van der Waals surface area contributed by atoms with E-state index >= 15 is 0 Å². The van der Waals surface area contributed by atoms with Crippen molar-refractivity contribution in [3.05, 3.63) is 42.1 Å². The lowest BCUT2D eigenvalue weighted by molar-refractivity contribution is 0.0952. The second-order valence-corrected chi connectivity index (χ2v) is 6.39. The Kier molecular flexibility index (Phi) is 5.74. The van der Waals surface area contributed by atoms with Gasteiger partial charge in [-0.15, -0.1) is 0 Å². The molecule has 0 radical (unpaired) electrons. The number of hydrogen-bond donors (Lipinski definition) is 1. The molecule has 1 unspecified atom stereocenters. The first-order valence-electron chi connectivity index (χ1n) is 7.42. The number of fused-ring (bicyclic) bond motifs is 1. The van der Waals surface area contributed by atoms with E-state index in [1.807, 2.05) is 30.3 Å². The van der Waals surface area contributed by atoms with E-state index in [0.717, 1.165) is 23.7 Å². The quantitative estimate of drug-likeness (QED) is 0.796. The predicted molar refractivity (Wildman–Crippen MR) is 90.9 cm³/mol. The third-order valence-corrected chi connectivity index (χ3v) is 4.95. The maximum Gasteiger partial charge on any atom is 0.251 e. The molecule has 4 heteroatoms. The normalized spacial score (nSPS) is 12.6. The fourth-order valence-electron chi connectivity index (χ4n) is 2.48. The van der Waals surface area contributed by atoms with Crippen molar-refractivity contribution in [1.29, 1.82) is 0 Å². The zero-order valence-electron chi connectivity index (χ0n) is 12.5. The van der Waals surface area contributed by atoms with E-state index in [9.17, 15) is 4.79 Å². The third kappa shape index (κ3) is 4.03. The van der Waals surface area contributed by atoms with Crippen molar-refractivity contribution >= 4 is 32.7 Å². The molecule has 112 valence electrons. The summed E-state index contributed by atoms with van der Waals surface area (Å²) in [6, 6.07) is 9.45. The van der Waals surface area contributed by atoms with Crippen LogP contribution in [0.15, 0.2) is 36.5 Å². The van der Waals surface area contributed by atoms with Gasteiger partial charge in [0.2, 0.25) is 0 Å². The summed E-state index contributed by atoms with van der Waals surface area (Å²) < 4.78 is 0. The largest absolute Gasteiger partial charge is 0.351 e. The van der Waals surface area contributed by atoms with Crippen LogP contribution in [0, 0.1) is 5.92 Å². The molecule has 1 heterocycles. The number of nitrogens with one attached hydrogen (secondary N) is 1. The van der Waals surface area contributed by atoms with Gasteiger partial charge in [-0.3, -0.25) is 9.78 Å². The van der Waals surface area contributed by atoms with Gasteiger partial charge in [-0.2, -0.15) is 0 Å². The summed E-state index contributed by atoms with van der Waals surface area (Å²) >= 11 is 3.68. The van der Waals surface area contributed by atoms with Crippen LogP contribution in [0.4, 0.5) is 0 Å². The van der Waals surface area contributed by atoms with Crippen molar-refractivity contribution in [2.24, 2.45) is 5.92 Å². The van der Waals surface area contributed by atoms with Gasteiger partial charge in [0.1, 0.15) is 0 Å². The van der Waals surface area contributed by atoms with Gasteiger partial charge in [0.05, 0.1) is 5.52 Å². The number of hydrogen-bond acceptors (Lipinski definition) is 2. The molecule has 1 aromatic carbocycles. The number of nitrogens with zero attached hydrogens (tertiary/aromatic N) is 1.